The third kappa shape index (κ3) is 2.71. The number of nitrogen functional groups attached to an aromatic ring is 2. The summed E-state index contributed by atoms with van der Waals surface area (Å²) in [7, 11) is 0. The minimum absolute atomic E-state index is 0.155. The third-order valence-electron chi connectivity index (χ3n) is 2.60. The summed E-state index contributed by atoms with van der Waals surface area (Å²) in [6.07, 6.45) is 1.26. The summed E-state index contributed by atoms with van der Waals surface area (Å²) in [5, 5.41) is 0. The van der Waals surface area contributed by atoms with Gasteiger partial charge in [0, 0.05) is 5.56 Å². The van der Waals surface area contributed by atoms with Gasteiger partial charge in [-0.25, -0.2) is 9.97 Å². The molecule has 7 nitrogen and oxygen atoms in total. The molecular weight excluding hydrogens is 244 g/mol. The molecule has 2 rings (SSSR count). The number of rotatable bonds is 3. The van der Waals surface area contributed by atoms with Crippen molar-refractivity contribution in [2.24, 2.45) is 0 Å². The Kier molecular flexibility index (Phi) is 3.46. The fraction of sp³-hybridized carbons (Fsp3) is 0.0833. The second-order valence-corrected chi connectivity index (χ2v) is 3.92. The number of hydrogen-bond acceptors (Lipinski definition) is 6. The Morgan fingerprint density at radius 2 is 1.95 bits per heavy atom. The highest BCUT2D eigenvalue weighted by atomic mass is 16.2. The van der Waals surface area contributed by atoms with Crippen molar-refractivity contribution in [2.75, 3.05) is 16.9 Å². The van der Waals surface area contributed by atoms with Crippen molar-refractivity contribution in [3.8, 4) is 0 Å². The average molecular weight is 258 g/mol. The predicted octanol–water partition coefficient (Wildman–Crippen LogP) is 0.706. The molecule has 1 aromatic heterocycles. The Balaban J connectivity index is 2.09. The van der Waals surface area contributed by atoms with Gasteiger partial charge in [0.05, 0.1) is 0 Å². The van der Waals surface area contributed by atoms with Crippen molar-refractivity contribution in [2.45, 2.75) is 6.92 Å². The van der Waals surface area contributed by atoms with E-state index in [-0.39, 0.29) is 23.2 Å². The first kappa shape index (κ1) is 12.6. The Hall–Kier alpha value is -2.83. The quantitative estimate of drug-likeness (QED) is 0.602. The van der Waals surface area contributed by atoms with Crippen LogP contribution >= 0.6 is 0 Å². The molecule has 1 amide bonds. The third-order valence-corrected chi connectivity index (χ3v) is 2.60. The summed E-state index contributed by atoms with van der Waals surface area (Å²) in [5.41, 5.74) is 18.0. The molecule has 98 valence electrons. The lowest BCUT2D eigenvalue weighted by atomic mass is 10.1. The Morgan fingerprint density at radius 1 is 1.21 bits per heavy atom. The number of nitrogens with two attached hydrogens (primary N) is 2. The van der Waals surface area contributed by atoms with Crippen LogP contribution in [-0.4, -0.2) is 15.9 Å². The fourth-order valence-corrected chi connectivity index (χ4v) is 1.52. The number of nitrogens with zero attached hydrogens (tertiary/aromatic N) is 2. The summed E-state index contributed by atoms with van der Waals surface area (Å²) in [4.78, 5) is 19.6. The van der Waals surface area contributed by atoms with E-state index in [1.54, 1.807) is 12.1 Å². The molecular formula is C12H14N6O. The fourth-order valence-electron chi connectivity index (χ4n) is 1.52. The lowest BCUT2D eigenvalue weighted by molar-refractivity contribution is 0.0962. The van der Waals surface area contributed by atoms with E-state index in [4.69, 9.17) is 11.5 Å². The SMILES string of the molecule is Cc1ccccc1C(=O)NNc1ncnc(N)c1N. The second kappa shape index (κ2) is 5.21. The number of hydrazine groups is 1. The van der Waals surface area contributed by atoms with Gasteiger partial charge < -0.3 is 11.5 Å². The largest absolute Gasteiger partial charge is 0.393 e. The predicted molar refractivity (Wildman–Crippen MR) is 73.1 cm³/mol. The highest BCUT2D eigenvalue weighted by molar-refractivity contribution is 5.96. The number of carbonyl (C=O) groups is 1. The number of nitrogens with one attached hydrogen (secondary N) is 2. The molecule has 1 heterocycles. The lowest BCUT2D eigenvalue weighted by Crippen LogP contribution is -2.31. The van der Waals surface area contributed by atoms with Gasteiger partial charge in [-0.1, -0.05) is 18.2 Å². The smallest absolute Gasteiger partial charge is 0.269 e. The molecule has 19 heavy (non-hydrogen) atoms. The molecule has 2 aromatic rings. The average Bonchev–Trinajstić information content (AvgIpc) is 2.40. The molecule has 0 radical (unpaired) electrons. The van der Waals surface area contributed by atoms with Crippen molar-refractivity contribution in [3.63, 3.8) is 0 Å². The van der Waals surface area contributed by atoms with E-state index >= 15 is 0 Å². The normalized spacial score (nSPS) is 9.95. The zero-order valence-electron chi connectivity index (χ0n) is 10.3. The molecule has 0 atom stereocenters. The maximum absolute atomic E-state index is 11.9. The maximum atomic E-state index is 11.9. The molecule has 0 aliphatic heterocycles. The standard InChI is InChI=1S/C12H14N6O/c1-7-4-2-3-5-8(7)12(19)18-17-11-9(13)10(14)15-6-16-11/h2-6H,13H2,1H3,(H,18,19)(H3,14,15,16,17). The van der Waals surface area contributed by atoms with Crippen LogP contribution in [0, 0.1) is 6.92 Å². The van der Waals surface area contributed by atoms with Crippen molar-refractivity contribution >= 4 is 23.2 Å². The van der Waals surface area contributed by atoms with Crippen LogP contribution < -0.4 is 22.3 Å². The van der Waals surface area contributed by atoms with Crippen LogP contribution in [-0.2, 0) is 0 Å². The zero-order valence-corrected chi connectivity index (χ0v) is 10.3. The van der Waals surface area contributed by atoms with Gasteiger partial charge in [0.1, 0.15) is 12.0 Å². The van der Waals surface area contributed by atoms with Gasteiger partial charge in [-0.2, -0.15) is 0 Å². The highest BCUT2D eigenvalue weighted by Gasteiger charge is 2.09. The van der Waals surface area contributed by atoms with Gasteiger partial charge in [0.2, 0.25) is 0 Å². The van der Waals surface area contributed by atoms with E-state index in [9.17, 15) is 4.79 Å². The van der Waals surface area contributed by atoms with Crippen LogP contribution in [0.2, 0.25) is 0 Å². The van der Waals surface area contributed by atoms with Crippen LogP contribution in [0.15, 0.2) is 30.6 Å². The van der Waals surface area contributed by atoms with Gasteiger partial charge in [-0.15, -0.1) is 0 Å². The maximum Gasteiger partial charge on any atom is 0.269 e. The van der Waals surface area contributed by atoms with E-state index in [1.807, 2.05) is 19.1 Å². The highest BCUT2D eigenvalue weighted by Crippen LogP contribution is 2.18. The van der Waals surface area contributed by atoms with E-state index in [0.717, 1.165) is 5.56 Å². The molecule has 0 bridgehead atoms. The van der Waals surface area contributed by atoms with Gasteiger partial charge in [-0.05, 0) is 18.6 Å². The second-order valence-electron chi connectivity index (χ2n) is 3.92. The summed E-state index contributed by atoms with van der Waals surface area (Å²) >= 11 is 0. The van der Waals surface area contributed by atoms with E-state index in [1.165, 1.54) is 6.33 Å². The number of benzene rings is 1. The van der Waals surface area contributed by atoms with Crippen molar-refractivity contribution in [1.82, 2.24) is 15.4 Å². The Labute approximate surface area is 110 Å². The molecule has 0 saturated carbocycles. The first-order valence-electron chi connectivity index (χ1n) is 5.57. The Morgan fingerprint density at radius 3 is 2.68 bits per heavy atom. The number of amides is 1. The van der Waals surface area contributed by atoms with E-state index < -0.39 is 0 Å². The number of carbonyl (C=O) groups excluding carboxylic acids is 1. The molecule has 0 aliphatic carbocycles. The van der Waals surface area contributed by atoms with Crippen LogP contribution in [0.4, 0.5) is 17.3 Å². The minimum Gasteiger partial charge on any atom is -0.393 e. The molecule has 7 heteroatoms. The van der Waals surface area contributed by atoms with Crippen LogP contribution in [0.25, 0.3) is 0 Å². The zero-order chi connectivity index (χ0) is 13.8. The first-order chi connectivity index (χ1) is 9.09. The molecule has 0 saturated heterocycles. The van der Waals surface area contributed by atoms with E-state index in [0.29, 0.717) is 5.56 Å². The molecule has 0 unspecified atom stereocenters. The van der Waals surface area contributed by atoms with Crippen molar-refractivity contribution in [3.05, 3.63) is 41.7 Å². The Bertz CT molecular complexity index is 613. The summed E-state index contributed by atoms with van der Waals surface area (Å²) in [6, 6.07) is 7.23. The molecule has 0 fully saturated rings. The molecule has 1 aromatic carbocycles. The van der Waals surface area contributed by atoms with Crippen molar-refractivity contribution in [1.29, 1.82) is 0 Å². The molecule has 0 aliphatic rings. The molecule has 0 spiro atoms. The first-order valence-corrected chi connectivity index (χ1v) is 5.57. The monoisotopic (exact) mass is 258 g/mol. The topological polar surface area (TPSA) is 119 Å². The van der Waals surface area contributed by atoms with Crippen LogP contribution in [0.1, 0.15) is 15.9 Å². The number of hydrogen-bond donors (Lipinski definition) is 4. The van der Waals surface area contributed by atoms with Crippen LogP contribution in [0.3, 0.4) is 0 Å². The van der Waals surface area contributed by atoms with Crippen molar-refractivity contribution < 1.29 is 4.79 Å². The van der Waals surface area contributed by atoms with Gasteiger partial charge in [0.25, 0.3) is 5.91 Å². The number of anilines is 3. The minimum atomic E-state index is -0.283. The van der Waals surface area contributed by atoms with Gasteiger partial charge in [-0.3, -0.25) is 15.6 Å². The lowest BCUT2D eigenvalue weighted by Gasteiger charge is -2.11. The van der Waals surface area contributed by atoms with Crippen LogP contribution in [0.5, 0.6) is 0 Å². The summed E-state index contributed by atoms with van der Waals surface area (Å²) in [5.74, 6) is 0.131. The summed E-state index contributed by atoms with van der Waals surface area (Å²) in [6.45, 7) is 1.85. The number of aryl methyl sites for hydroxylation is 1. The van der Waals surface area contributed by atoms with Gasteiger partial charge >= 0.3 is 0 Å². The molecule has 6 N–H and O–H groups in total. The number of aromatic nitrogens is 2. The summed E-state index contributed by atoms with van der Waals surface area (Å²) < 4.78 is 0. The van der Waals surface area contributed by atoms with Gasteiger partial charge in [0.15, 0.2) is 11.6 Å². The van der Waals surface area contributed by atoms with E-state index in [2.05, 4.69) is 20.8 Å².